The van der Waals surface area contributed by atoms with Crippen LogP contribution in [0.25, 0.3) is 0 Å². The van der Waals surface area contributed by atoms with Crippen molar-refractivity contribution in [1.82, 2.24) is 0 Å². The average molecular weight is 184 g/mol. The van der Waals surface area contributed by atoms with Gasteiger partial charge in [0.25, 0.3) is 0 Å². The zero-order valence-electron chi connectivity index (χ0n) is 9.13. The van der Waals surface area contributed by atoms with E-state index in [-0.39, 0.29) is 6.10 Å². The lowest BCUT2D eigenvalue weighted by Gasteiger charge is -2.23. The van der Waals surface area contributed by atoms with Gasteiger partial charge in [-0.05, 0) is 31.1 Å². The molecule has 0 unspecified atom stereocenters. The van der Waals surface area contributed by atoms with Crippen molar-refractivity contribution < 1.29 is 5.11 Å². The van der Waals surface area contributed by atoms with E-state index in [4.69, 9.17) is 0 Å². The molecule has 0 spiro atoms. The molecule has 1 heteroatoms. The van der Waals surface area contributed by atoms with Gasteiger partial charge in [0.1, 0.15) is 0 Å². The van der Waals surface area contributed by atoms with Crippen LogP contribution in [0.2, 0.25) is 0 Å². The summed E-state index contributed by atoms with van der Waals surface area (Å²) in [6, 6.07) is 0. The molecule has 1 N–H and O–H groups in total. The van der Waals surface area contributed by atoms with E-state index in [9.17, 15) is 5.11 Å². The summed E-state index contributed by atoms with van der Waals surface area (Å²) in [6.45, 7) is 4.63. The smallest absolute Gasteiger partial charge is 0.0540 e. The molecule has 0 aromatic carbocycles. The zero-order valence-corrected chi connectivity index (χ0v) is 9.13. The fraction of sp³-hybridized carbons (Fsp3) is 1.00. The van der Waals surface area contributed by atoms with Crippen molar-refractivity contribution in [3.63, 3.8) is 0 Å². The van der Waals surface area contributed by atoms with E-state index in [1.165, 1.54) is 32.1 Å². The van der Waals surface area contributed by atoms with E-state index in [0.29, 0.717) is 0 Å². The summed E-state index contributed by atoms with van der Waals surface area (Å²) in [5.41, 5.74) is 0. The molecular formula is C12H24O. The molecule has 1 fully saturated rings. The van der Waals surface area contributed by atoms with Crippen LogP contribution in [-0.4, -0.2) is 11.2 Å². The first kappa shape index (κ1) is 11.0. The second-order valence-electron chi connectivity index (χ2n) is 5.01. The molecule has 78 valence electrons. The van der Waals surface area contributed by atoms with Crippen molar-refractivity contribution in [3.8, 4) is 0 Å². The molecule has 0 saturated heterocycles. The Hall–Kier alpha value is -0.0400. The Bertz CT molecular complexity index is 121. The summed E-state index contributed by atoms with van der Waals surface area (Å²) in [6.07, 6.45) is 8.61. The van der Waals surface area contributed by atoms with Crippen LogP contribution >= 0.6 is 0 Å². The largest absolute Gasteiger partial charge is 0.393 e. The van der Waals surface area contributed by atoms with E-state index < -0.39 is 0 Å². The van der Waals surface area contributed by atoms with Gasteiger partial charge in [0.05, 0.1) is 6.10 Å². The van der Waals surface area contributed by atoms with E-state index in [1.807, 2.05) is 0 Å². The maximum Gasteiger partial charge on any atom is 0.0540 e. The average Bonchev–Trinajstić information content (AvgIpc) is 1.99. The highest BCUT2D eigenvalue weighted by Crippen LogP contribution is 2.27. The van der Waals surface area contributed by atoms with E-state index >= 15 is 0 Å². The standard InChI is InChI=1S/C12H24O/c1-10(2)9-11-5-3-7-12(13)8-4-6-11/h10-13H,3-9H2,1-2H3. The topological polar surface area (TPSA) is 20.2 Å². The first-order valence-electron chi connectivity index (χ1n) is 5.86. The van der Waals surface area contributed by atoms with Gasteiger partial charge in [0, 0.05) is 0 Å². The minimum atomic E-state index is -0.000000000000000444. The fourth-order valence-corrected chi connectivity index (χ4v) is 2.48. The van der Waals surface area contributed by atoms with Gasteiger partial charge in [-0.3, -0.25) is 0 Å². The molecule has 1 aliphatic carbocycles. The number of aliphatic hydroxyl groups excluding tert-OH is 1. The Balaban J connectivity index is 2.24. The van der Waals surface area contributed by atoms with Gasteiger partial charge in [0.15, 0.2) is 0 Å². The lowest BCUT2D eigenvalue weighted by Crippen LogP contribution is -2.14. The minimum Gasteiger partial charge on any atom is -0.393 e. The summed E-state index contributed by atoms with van der Waals surface area (Å²) in [4.78, 5) is 0. The van der Waals surface area contributed by atoms with Crippen molar-refractivity contribution in [3.05, 3.63) is 0 Å². The molecular weight excluding hydrogens is 160 g/mol. The summed E-state index contributed by atoms with van der Waals surface area (Å²) >= 11 is 0. The van der Waals surface area contributed by atoms with Gasteiger partial charge in [-0.15, -0.1) is 0 Å². The van der Waals surface area contributed by atoms with Crippen LogP contribution in [-0.2, 0) is 0 Å². The Morgan fingerprint density at radius 1 is 1.08 bits per heavy atom. The number of aliphatic hydroxyl groups is 1. The van der Waals surface area contributed by atoms with Crippen LogP contribution in [0.5, 0.6) is 0 Å². The molecule has 0 aromatic heterocycles. The van der Waals surface area contributed by atoms with Gasteiger partial charge in [-0.25, -0.2) is 0 Å². The second-order valence-corrected chi connectivity index (χ2v) is 5.01. The second kappa shape index (κ2) is 5.64. The normalized spacial score (nSPS) is 31.4. The molecule has 0 amide bonds. The van der Waals surface area contributed by atoms with E-state index in [1.54, 1.807) is 0 Å². The van der Waals surface area contributed by atoms with Crippen LogP contribution in [0.15, 0.2) is 0 Å². The predicted molar refractivity (Wildman–Crippen MR) is 56.7 cm³/mol. The van der Waals surface area contributed by atoms with Crippen LogP contribution < -0.4 is 0 Å². The first-order valence-corrected chi connectivity index (χ1v) is 5.86. The molecule has 1 aliphatic rings. The molecule has 13 heavy (non-hydrogen) atoms. The molecule has 0 aromatic rings. The minimum absolute atomic E-state index is 0.000000000000000444. The lowest BCUT2D eigenvalue weighted by atomic mass is 9.85. The summed E-state index contributed by atoms with van der Waals surface area (Å²) in [7, 11) is 0. The molecule has 1 nitrogen and oxygen atoms in total. The van der Waals surface area contributed by atoms with Gasteiger partial charge in [-0.2, -0.15) is 0 Å². The van der Waals surface area contributed by atoms with Gasteiger partial charge < -0.3 is 5.11 Å². The molecule has 0 radical (unpaired) electrons. The number of rotatable bonds is 2. The zero-order chi connectivity index (χ0) is 9.68. The van der Waals surface area contributed by atoms with Gasteiger partial charge >= 0.3 is 0 Å². The molecule has 0 atom stereocenters. The van der Waals surface area contributed by atoms with Crippen molar-refractivity contribution in [2.75, 3.05) is 0 Å². The van der Waals surface area contributed by atoms with Crippen LogP contribution in [0.4, 0.5) is 0 Å². The van der Waals surface area contributed by atoms with Crippen molar-refractivity contribution >= 4 is 0 Å². The summed E-state index contributed by atoms with van der Waals surface area (Å²) in [5, 5.41) is 9.48. The highest BCUT2D eigenvalue weighted by molar-refractivity contribution is 4.68. The van der Waals surface area contributed by atoms with Crippen LogP contribution in [0.1, 0.15) is 58.8 Å². The van der Waals surface area contributed by atoms with Crippen molar-refractivity contribution in [2.45, 2.75) is 64.9 Å². The SMILES string of the molecule is CC(C)CC1CCCC(O)CCC1. The van der Waals surface area contributed by atoms with Crippen LogP contribution in [0.3, 0.4) is 0 Å². The highest BCUT2D eigenvalue weighted by atomic mass is 16.3. The maximum atomic E-state index is 9.48. The monoisotopic (exact) mass is 184 g/mol. The van der Waals surface area contributed by atoms with Crippen LogP contribution in [0, 0.1) is 11.8 Å². The van der Waals surface area contributed by atoms with Crippen molar-refractivity contribution in [1.29, 1.82) is 0 Å². The Morgan fingerprint density at radius 3 is 2.08 bits per heavy atom. The van der Waals surface area contributed by atoms with Crippen molar-refractivity contribution in [2.24, 2.45) is 11.8 Å². The molecule has 0 heterocycles. The molecule has 0 aliphatic heterocycles. The lowest BCUT2D eigenvalue weighted by molar-refractivity contribution is 0.131. The molecule has 0 bridgehead atoms. The molecule has 1 saturated carbocycles. The highest BCUT2D eigenvalue weighted by Gasteiger charge is 2.15. The quantitative estimate of drug-likeness (QED) is 0.697. The first-order chi connectivity index (χ1) is 6.18. The predicted octanol–water partition coefficient (Wildman–Crippen LogP) is 3.36. The Labute approximate surface area is 82.5 Å². The maximum absolute atomic E-state index is 9.48. The Kier molecular flexibility index (Phi) is 4.79. The third kappa shape index (κ3) is 4.66. The summed E-state index contributed by atoms with van der Waals surface area (Å²) < 4.78 is 0. The Morgan fingerprint density at radius 2 is 1.62 bits per heavy atom. The van der Waals surface area contributed by atoms with E-state index in [0.717, 1.165) is 24.7 Å². The van der Waals surface area contributed by atoms with Gasteiger partial charge in [-0.1, -0.05) is 39.5 Å². The summed E-state index contributed by atoms with van der Waals surface area (Å²) in [5.74, 6) is 1.78. The van der Waals surface area contributed by atoms with E-state index in [2.05, 4.69) is 13.8 Å². The number of hydrogen-bond acceptors (Lipinski definition) is 1. The van der Waals surface area contributed by atoms with Gasteiger partial charge in [0.2, 0.25) is 0 Å². The third-order valence-electron chi connectivity index (χ3n) is 3.10. The third-order valence-corrected chi connectivity index (χ3v) is 3.10. The fourth-order valence-electron chi connectivity index (χ4n) is 2.48. The molecule has 1 rings (SSSR count). The number of hydrogen-bond donors (Lipinski definition) is 1.